The maximum absolute atomic E-state index is 5.93. The van der Waals surface area contributed by atoms with Crippen LogP contribution in [0.4, 0.5) is 0 Å². The van der Waals surface area contributed by atoms with E-state index in [2.05, 4.69) is 23.8 Å². The van der Waals surface area contributed by atoms with Crippen LogP contribution in [-0.4, -0.2) is 31.3 Å². The first kappa shape index (κ1) is 14.4. The van der Waals surface area contributed by atoms with Crippen LogP contribution in [0.3, 0.4) is 0 Å². The van der Waals surface area contributed by atoms with Crippen LogP contribution >= 0.6 is 0 Å². The van der Waals surface area contributed by atoms with E-state index in [1.54, 1.807) is 6.08 Å². The minimum atomic E-state index is 0.294. The molecule has 0 saturated heterocycles. The maximum atomic E-state index is 5.93. The SMILES string of the molecule is C=CCN=C(N)NC1CC(OCC)C12CCCCC2. The number of nitrogens with zero attached hydrogens (tertiary/aromatic N) is 1. The monoisotopic (exact) mass is 265 g/mol. The Balaban J connectivity index is 1.98. The predicted molar refractivity (Wildman–Crippen MR) is 79.2 cm³/mol. The fourth-order valence-electron chi connectivity index (χ4n) is 3.65. The zero-order valence-electron chi connectivity index (χ0n) is 12.0. The van der Waals surface area contributed by atoms with Crippen molar-refractivity contribution >= 4 is 5.96 Å². The molecule has 0 bridgehead atoms. The third kappa shape index (κ3) is 2.94. The van der Waals surface area contributed by atoms with E-state index in [1.807, 2.05) is 0 Å². The Labute approximate surface area is 116 Å². The van der Waals surface area contributed by atoms with Crippen LogP contribution in [0.2, 0.25) is 0 Å². The van der Waals surface area contributed by atoms with E-state index in [1.165, 1.54) is 32.1 Å². The molecule has 2 unspecified atom stereocenters. The third-order valence-electron chi connectivity index (χ3n) is 4.65. The quantitative estimate of drug-likeness (QED) is 0.455. The standard InChI is InChI=1S/C15H27N3O/c1-3-10-17-14(16)18-12-11-13(19-4-2)15(12)8-6-5-7-9-15/h3,12-13H,1,4-11H2,2H3,(H3,16,17,18). The molecule has 2 atom stereocenters. The molecule has 4 nitrogen and oxygen atoms in total. The van der Waals surface area contributed by atoms with Crippen molar-refractivity contribution < 1.29 is 4.74 Å². The summed E-state index contributed by atoms with van der Waals surface area (Å²) in [4.78, 5) is 4.24. The molecule has 0 aromatic rings. The van der Waals surface area contributed by atoms with Gasteiger partial charge in [-0.2, -0.15) is 0 Å². The number of nitrogens with two attached hydrogens (primary N) is 1. The maximum Gasteiger partial charge on any atom is 0.189 e. The Morgan fingerprint density at radius 3 is 2.84 bits per heavy atom. The lowest BCUT2D eigenvalue weighted by atomic mass is 9.55. The van der Waals surface area contributed by atoms with E-state index >= 15 is 0 Å². The van der Waals surface area contributed by atoms with Gasteiger partial charge in [0.25, 0.3) is 0 Å². The molecule has 2 fully saturated rings. The largest absolute Gasteiger partial charge is 0.378 e. The summed E-state index contributed by atoms with van der Waals surface area (Å²) in [5.74, 6) is 0.546. The lowest BCUT2D eigenvalue weighted by molar-refractivity contribution is -0.145. The lowest BCUT2D eigenvalue weighted by Gasteiger charge is -2.57. The lowest BCUT2D eigenvalue weighted by Crippen LogP contribution is -2.66. The number of hydrogen-bond acceptors (Lipinski definition) is 2. The molecule has 0 aromatic carbocycles. The number of guanidine groups is 1. The van der Waals surface area contributed by atoms with Crippen molar-refractivity contribution in [1.82, 2.24) is 5.32 Å². The van der Waals surface area contributed by atoms with Gasteiger partial charge in [-0.25, -0.2) is 4.99 Å². The second kappa shape index (κ2) is 6.42. The van der Waals surface area contributed by atoms with Crippen molar-refractivity contribution in [2.75, 3.05) is 13.2 Å². The van der Waals surface area contributed by atoms with Crippen LogP contribution in [0, 0.1) is 5.41 Å². The molecule has 0 amide bonds. The van der Waals surface area contributed by atoms with E-state index in [9.17, 15) is 0 Å². The highest BCUT2D eigenvalue weighted by Gasteiger charge is 2.55. The van der Waals surface area contributed by atoms with Crippen molar-refractivity contribution in [2.24, 2.45) is 16.1 Å². The minimum absolute atomic E-state index is 0.294. The Kier molecular flexibility index (Phi) is 4.86. The van der Waals surface area contributed by atoms with E-state index in [-0.39, 0.29) is 0 Å². The van der Waals surface area contributed by atoms with Gasteiger partial charge < -0.3 is 15.8 Å². The minimum Gasteiger partial charge on any atom is -0.378 e. The average Bonchev–Trinajstić information content (AvgIpc) is 2.45. The van der Waals surface area contributed by atoms with Crippen molar-refractivity contribution in [1.29, 1.82) is 0 Å². The summed E-state index contributed by atoms with van der Waals surface area (Å²) in [7, 11) is 0. The molecule has 0 aliphatic heterocycles. The number of aliphatic imine (C=N–C) groups is 1. The summed E-state index contributed by atoms with van der Waals surface area (Å²) < 4.78 is 5.93. The first-order valence-electron chi connectivity index (χ1n) is 7.52. The van der Waals surface area contributed by atoms with E-state index in [4.69, 9.17) is 10.5 Å². The van der Waals surface area contributed by atoms with Gasteiger partial charge in [0.05, 0.1) is 12.6 Å². The topological polar surface area (TPSA) is 59.6 Å². The fourth-order valence-corrected chi connectivity index (χ4v) is 3.65. The van der Waals surface area contributed by atoms with Crippen molar-refractivity contribution in [3.63, 3.8) is 0 Å². The highest BCUT2D eigenvalue weighted by atomic mass is 16.5. The van der Waals surface area contributed by atoms with Gasteiger partial charge in [0.2, 0.25) is 0 Å². The van der Waals surface area contributed by atoms with Crippen molar-refractivity contribution in [3.8, 4) is 0 Å². The van der Waals surface area contributed by atoms with E-state index in [0.29, 0.717) is 30.1 Å². The summed E-state index contributed by atoms with van der Waals surface area (Å²) in [6.45, 7) is 7.12. The van der Waals surface area contributed by atoms with Crippen molar-refractivity contribution in [2.45, 2.75) is 57.6 Å². The molecule has 19 heavy (non-hydrogen) atoms. The van der Waals surface area contributed by atoms with Gasteiger partial charge in [-0.05, 0) is 26.2 Å². The summed E-state index contributed by atoms with van der Waals surface area (Å²) in [5.41, 5.74) is 6.22. The van der Waals surface area contributed by atoms with Gasteiger partial charge in [0.15, 0.2) is 5.96 Å². The molecule has 2 saturated carbocycles. The smallest absolute Gasteiger partial charge is 0.189 e. The highest BCUT2D eigenvalue weighted by molar-refractivity contribution is 5.78. The van der Waals surface area contributed by atoms with E-state index < -0.39 is 0 Å². The Bertz CT molecular complexity index is 334. The molecule has 3 N–H and O–H groups in total. The summed E-state index contributed by atoms with van der Waals surface area (Å²) in [5, 5.41) is 3.40. The van der Waals surface area contributed by atoms with E-state index in [0.717, 1.165) is 13.0 Å². The highest BCUT2D eigenvalue weighted by Crippen LogP contribution is 2.53. The summed E-state index contributed by atoms with van der Waals surface area (Å²) in [6, 6.07) is 0.429. The summed E-state index contributed by atoms with van der Waals surface area (Å²) >= 11 is 0. The molecule has 0 aromatic heterocycles. The van der Waals surface area contributed by atoms with Crippen LogP contribution in [-0.2, 0) is 4.74 Å². The first-order chi connectivity index (χ1) is 9.23. The first-order valence-corrected chi connectivity index (χ1v) is 7.52. The predicted octanol–water partition coefficient (Wildman–Crippen LogP) is 2.20. The van der Waals surface area contributed by atoms with Gasteiger partial charge in [0, 0.05) is 18.1 Å². The van der Waals surface area contributed by atoms with Crippen LogP contribution in [0.1, 0.15) is 45.4 Å². The third-order valence-corrected chi connectivity index (χ3v) is 4.65. The van der Waals surface area contributed by atoms with Gasteiger partial charge in [-0.3, -0.25) is 0 Å². The molecule has 0 heterocycles. The number of ether oxygens (including phenoxy) is 1. The molecule has 2 rings (SSSR count). The van der Waals surface area contributed by atoms with Gasteiger partial charge in [-0.15, -0.1) is 6.58 Å². The number of hydrogen-bond donors (Lipinski definition) is 2. The molecule has 2 aliphatic rings. The van der Waals surface area contributed by atoms with Gasteiger partial charge in [0.1, 0.15) is 0 Å². The number of rotatable bonds is 5. The molecular weight excluding hydrogens is 238 g/mol. The zero-order chi connectivity index (χ0) is 13.7. The molecule has 4 heteroatoms. The second-order valence-electron chi connectivity index (χ2n) is 5.69. The Morgan fingerprint density at radius 2 is 2.21 bits per heavy atom. The zero-order valence-corrected chi connectivity index (χ0v) is 12.0. The molecule has 0 radical (unpaired) electrons. The summed E-state index contributed by atoms with van der Waals surface area (Å²) in [6.07, 6.45) is 9.70. The second-order valence-corrected chi connectivity index (χ2v) is 5.69. The van der Waals surface area contributed by atoms with Crippen LogP contribution in [0.5, 0.6) is 0 Å². The van der Waals surface area contributed by atoms with Crippen LogP contribution in [0.25, 0.3) is 0 Å². The van der Waals surface area contributed by atoms with Crippen molar-refractivity contribution in [3.05, 3.63) is 12.7 Å². The Morgan fingerprint density at radius 1 is 1.47 bits per heavy atom. The Hall–Kier alpha value is -1.03. The van der Waals surface area contributed by atoms with Crippen LogP contribution in [0.15, 0.2) is 17.6 Å². The normalized spacial score (nSPS) is 29.8. The number of nitrogens with one attached hydrogen (secondary N) is 1. The molecule has 1 spiro atoms. The van der Waals surface area contributed by atoms with Crippen LogP contribution < -0.4 is 11.1 Å². The fraction of sp³-hybridized carbons (Fsp3) is 0.800. The molecule has 108 valence electrons. The average molecular weight is 265 g/mol. The van der Waals surface area contributed by atoms with Gasteiger partial charge >= 0.3 is 0 Å². The molecular formula is C15H27N3O. The van der Waals surface area contributed by atoms with Gasteiger partial charge in [-0.1, -0.05) is 25.3 Å². The molecule has 2 aliphatic carbocycles.